The van der Waals surface area contributed by atoms with Gasteiger partial charge in [-0.15, -0.1) is 0 Å². The maximum absolute atomic E-state index is 5.94. The van der Waals surface area contributed by atoms with Gasteiger partial charge >= 0.3 is 0 Å². The zero-order valence-electron chi connectivity index (χ0n) is 13.7. The molecule has 128 valence electrons. The van der Waals surface area contributed by atoms with Crippen LogP contribution in [0, 0.1) is 12.7 Å². The summed E-state index contributed by atoms with van der Waals surface area (Å²) in [7, 11) is 4.18. The van der Waals surface area contributed by atoms with Crippen molar-refractivity contribution in [2.24, 2.45) is 0 Å². The fourth-order valence-electron chi connectivity index (χ4n) is 2.47. The molecule has 1 heterocycles. The van der Waals surface area contributed by atoms with Crippen molar-refractivity contribution >= 4 is 10.9 Å². The third kappa shape index (κ3) is 5.22. The van der Waals surface area contributed by atoms with Gasteiger partial charge in [0, 0.05) is 64.5 Å². The van der Waals surface area contributed by atoms with E-state index < -0.39 is 0 Å². The summed E-state index contributed by atoms with van der Waals surface area (Å²) in [5.74, 6) is 0.889. The molecule has 0 amide bonds. The molecule has 3 aromatic rings. The van der Waals surface area contributed by atoms with Gasteiger partial charge in [0.2, 0.25) is 0 Å². The van der Waals surface area contributed by atoms with E-state index in [1.54, 1.807) is 6.61 Å². The first-order valence-corrected chi connectivity index (χ1v) is 7.44. The molecule has 1 aromatic heterocycles. The molecular weight excluding hydrogens is 645 g/mol. The monoisotopic (exact) mass is 666 g/mol. The Kier molecular flexibility index (Phi) is 8.78. The Labute approximate surface area is 171 Å². The topological polar surface area (TPSA) is 28.3 Å². The van der Waals surface area contributed by atoms with Gasteiger partial charge in [-0.3, -0.25) is 0 Å². The number of nitrogens with zero attached hydrogens (tertiary/aromatic N) is 1. The predicted molar refractivity (Wildman–Crippen MR) is 89.9 cm³/mol. The molecule has 0 aliphatic carbocycles. The predicted octanol–water partition coefficient (Wildman–Crippen LogP) is 3.66. The Morgan fingerprint density at radius 2 is 1.88 bits per heavy atom. The first-order valence-electron chi connectivity index (χ1n) is 7.44. The van der Waals surface area contributed by atoms with Crippen molar-refractivity contribution in [3.05, 3.63) is 72.5 Å². The van der Waals surface area contributed by atoms with Crippen LogP contribution in [0.3, 0.4) is 0 Å². The smallest absolute Gasteiger partial charge is 0.119 e. The second kappa shape index (κ2) is 10.0. The number of hydrogen-bond donors (Lipinski definition) is 1. The zero-order valence-corrected chi connectivity index (χ0v) is 19.2. The molecule has 0 saturated heterocycles. The zero-order chi connectivity index (χ0) is 15.4. The van der Waals surface area contributed by atoms with E-state index in [9.17, 15) is 0 Å². The molecule has 0 bridgehead atoms. The van der Waals surface area contributed by atoms with Gasteiger partial charge in [-0.05, 0) is 44.8 Å². The number of hydrogen-bond acceptors (Lipinski definition) is 2. The van der Waals surface area contributed by atoms with Gasteiger partial charge in [-0.25, -0.2) is 0 Å². The Morgan fingerprint density at radius 1 is 1.12 bits per heavy atom. The molecule has 0 unspecified atom stereocenters. The van der Waals surface area contributed by atoms with Gasteiger partial charge < -0.3 is 14.6 Å². The van der Waals surface area contributed by atoms with Gasteiger partial charge in [-0.1, -0.05) is 6.07 Å². The van der Waals surface area contributed by atoms with Crippen LogP contribution in [0.15, 0.2) is 48.7 Å². The number of aromatic amines is 1. The molecule has 2 radical (unpaired) electrons. The largest absolute Gasteiger partial charge is 0.523 e. The van der Waals surface area contributed by atoms with E-state index in [0.29, 0.717) is 0 Å². The molecule has 3 rings (SSSR count). The van der Waals surface area contributed by atoms with Crippen LogP contribution in [0.4, 0.5) is 0 Å². The Bertz CT molecular complexity index is 741. The van der Waals surface area contributed by atoms with Gasteiger partial charge in [0.05, 0.1) is 0 Å². The SMILES string of the molecule is CN(C)CCc1c[nH]c2cccc(O[CH-]c3cc[c-]cc3)c12.[Re].[Re]. The van der Waals surface area contributed by atoms with Crippen LogP contribution in [0.25, 0.3) is 10.9 Å². The Balaban J connectivity index is 0.00000144. The van der Waals surface area contributed by atoms with E-state index >= 15 is 0 Å². The van der Waals surface area contributed by atoms with Crippen molar-refractivity contribution in [2.75, 3.05) is 20.6 Å². The van der Waals surface area contributed by atoms with Crippen molar-refractivity contribution in [1.29, 1.82) is 0 Å². The molecule has 0 aliphatic heterocycles. The third-order valence-corrected chi connectivity index (χ3v) is 3.64. The molecule has 2 aromatic carbocycles. The number of H-pyrrole nitrogens is 1. The molecule has 3 nitrogen and oxygen atoms in total. The van der Waals surface area contributed by atoms with Gasteiger partial charge in [0.25, 0.3) is 0 Å². The third-order valence-electron chi connectivity index (χ3n) is 3.64. The maximum Gasteiger partial charge on any atom is 0.119 e. The summed E-state index contributed by atoms with van der Waals surface area (Å²) < 4.78 is 5.94. The first-order chi connectivity index (χ1) is 10.7. The van der Waals surface area contributed by atoms with Gasteiger partial charge in [0.1, 0.15) is 5.75 Å². The van der Waals surface area contributed by atoms with Crippen LogP contribution >= 0.6 is 0 Å². The molecule has 0 saturated carbocycles. The number of nitrogens with one attached hydrogen (secondary N) is 1. The molecule has 1 N–H and O–H groups in total. The van der Waals surface area contributed by atoms with E-state index in [2.05, 4.69) is 42.3 Å². The number of rotatable bonds is 6. The second-order valence-corrected chi connectivity index (χ2v) is 5.61. The van der Waals surface area contributed by atoms with Crippen molar-refractivity contribution < 1.29 is 45.6 Å². The Morgan fingerprint density at radius 3 is 2.58 bits per heavy atom. The Hall–Kier alpha value is -1.07. The molecule has 0 atom stereocenters. The van der Waals surface area contributed by atoms with Crippen LogP contribution in [0.1, 0.15) is 11.1 Å². The summed E-state index contributed by atoms with van der Waals surface area (Å²) in [6, 6.07) is 16.8. The minimum Gasteiger partial charge on any atom is -0.523 e. The first kappa shape index (κ1) is 21.0. The van der Waals surface area contributed by atoms with Crippen LogP contribution < -0.4 is 4.74 Å². The fourth-order valence-corrected chi connectivity index (χ4v) is 2.47. The van der Waals surface area contributed by atoms with Crippen LogP contribution in [-0.2, 0) is 47.3 Å². The number of aromatic nitrogens is 1. The van der Waals surface area contributed by atoms with E-state index in [1.807, 2.05) is 36.4 Å². The van der Waals surface area contributed by atoms with Crippen molar-refractivity contribution in [3.63, 3.8) is 0 Å². The summed E-state index contributed by atoms with van der Waals surface area (Å²) in [6.45, 7) is 2.80. The normalized spacial score (nSPS) is 10.1. The number of fused-ring (bicyclic) bond motifs is 1. The summed E-state index contributed by atoms with van der Waals surface area (Å²) in [5, 5.41) is 1.17. The minimum atomic E-state index is 0. The standard InChI is InChI=1S/C19H20N2O.2Re/c1-21(2)12-11-16-13-20-17-9-6-10-18(19(16)17)22-14-15-7-4-3-5-8-15;;/h4-10,13-14,20H,11-12H2,1-2H3;;/q-2;;. The second-order valence-electron chi connectivity index (χ2n) is 5.61. The van der Waals surface area contributed by atoms with Crippen molar-refractivity contribution in [2.45, 2.75) is 6.42 Å². The molecule has 0 fully saturated rings. The number of ether oxygens (including phenoxy) is 1. The van der Waals surface area contributed by atoms with Crippen molar-refractivity contribution in [1.82, 2.24) is 9.88 Å². The minimum absolute atomic E-state index is 0. The number of likely N-dealkylation sites (N-methyl/N-ethyl adjacent to an activating group) is 1. The fraction of sp³-hybridized carbons (Fsp3) is 0.211. The molecule has 0 spiro atoms. The summed E-state index contributed by atoms with van der Waals surface area (Å²) in [5.41, 5.74) is 3.43. The van der Waals surface area contributed by atoms with Gasteiger partial charge in [0.15, 0.2) is 0 Å². The van der Waals surface area contributed by atoms with Crippen molar-refractivity contribution in [3.8, 4) is 5.75 Å². The van der Waals surface area contributed by atoms with Crippen LogP contribution in [-0.4, -0.2) is 30.5 Å². The van der Waals surface area contributed by atoms with E-state index in [4.69, 9.17) is 4.74 Å². The summed E-state index contributed by atoms with van der Waals surface area (Å²) in [4.78, 5) is 5.52. The van der Waals surface area contributed by atoms with Crippen LogP contribution in [0.5, 0.6) is 5.75 Å². The molecule has 5 heteroatoms. The van der Waals surface area contributed by atoms with Gasteiger partial charge in [-0.2, -0.15) is 35.9 Å². The quantitative estimate of drug-likeness (QED) is 0.408. The van der Waals surface area contributed by atoms with E-state index in [-0.39, 0.29) is 40.8 Å². The van der Waals surface area contributed by atoms with Crippen LogP contribution in [0.2, 0.25) is 0 Å². The molecule has 0 aliphatic rings. The van der Waals surface area contributed by atoms with E-state index in [0.717, 1.165) is 29.8 Å². The summed E-state index contributed by atoms with van der Waals surface area (Å²) >= 11 is 0. The molecule has 24 heavy (non-hydrogen) atoms. The van der Waals surface area contributed by atoms with E-state index in [1.165, 1.54) is 10.9 Å². The maximum atomic E-state index is 5.94. The average Bonchev–Trinajstić information content (AvgIpc) is 2.96. The average molecular weight is 665 g/mol. The summed E-state index contributed by atoms with van der Waals surface area (Å²) in [6.07, 6.45) is 3.08. The molecular formula is C19H20N2ORe2-2. The number of benzene rings is 2.